The first-order chi connectivity index (χ1) is 4.66. The molecule has 0 amide bonds. The van der Waals surface area contributed by atoms with E-state index >= 15 is 0 Å². The van der Waals surface area contributed by atoms with Crippen LogP contribution < -0.4 is 0 Å². The lowest BCUT2D eigenvalue weighted by molar-refractivity contribution is -0.373. The maximum absolute atomic E-state index is 11.8. The molecular formula is C5H7F3O3. The van der Waals surface area contributed by atoms with Crippen molar-refractivity contribution in [3.8, 4) is 0 Å². The maximum atomic E-state index is 11.8. The number of halogens is 3. The van der Waals surface area contributed by atoms with E-state index in [1.54, 1.807) is 0 Å². The van der Waals surface area contributed by atoms with Crippen molar-refractivity contribution < 1.29 is 28.5 Å². The van der Waals surface area contributed by atoms with Crippen LogP contribution in [0.3, 0.4) is 0 Å². The largest absolute Gasteiger partial charge is 0.417 e. The summed E-state index contributed by atoms with van der Waals surface area (Å²) in [5.41, 5.74) is -2.91. The van der Waals surface area contributed by atoms with Crippen molar-refractivity contribution in [3.63, 3.8) is 0 Å². The van der Waals surface area contributed by atoms with Gasteiger partial charge in [0.15, 0.2) is 11.4 Å². The van der Waals surface area contributed by atoms with E-state index in [1.807, 2.05) is 0 Å². The Balaban J connectivity index is 2.64. The van der Waals surface area contributed by atoms with Crippen LogP contribution in [-0.4, -0.2) is 32.9 Å². The number of hydrogen-bond donors (Lipinski definition) is 3. The zero-order valence-corrected chi connectivity index (χ0v) is 5.39. The molecule has 0 saturated heterocycles. The summed E-state index contributed by atoms with van der Waals surface area (Å²) >= 11 is 0. The van der Waals surface area contributed by atoms with Crippen LogP contribution >= 0.6 is 0 Å². The lowest BCUT2D eigenvalue weighted by Gasteiger charge is -2.46. The van der Waals surface area contributed by atoms with Crippen molar-refractivity contribution in [2.24, 2.45) is 0 Å². The minimum absolute atomic E-state index is 1.07. The summed E-state index contributed by atoms with van der Waals surface area (Å²) in [6.07, 6.45) is -6.91. The number of hydrogen-bond acceptors (Lipinski definition) is 3. The van der Waals surface area contributed by atoms with Crippen molar-refractivity contribution in [2.45, 2.75) is 30.4 Å². The molecule has 0 aromatic heterocycles. The Kier molecular flexibility index (Phi) is 1.50. The summed E-state index contributed by atoms with van der Waals surface area (Å²) in [6.45, 7) is 0. The van der Waals surface area contributed by atoms with Crippen LogP contribution in [0.4, 0.5) is 13.2 Å². The highest BCUT2D eigenvalue weighted by Gasteiger charge is 2.66. The molecule has 0 aliphatic heterocycles. The average molecular weight is 172 g/mol. The fourth-order valence-electron chi connectivity index (χ4n) is 1.09. The lowest BCUT2D eigenvalue weighted by atomic mass is 9.74. The molecule has 0 atom stereocenters. The summed E-state index contributed by atoms with van der Waals surface area (Å²) in [6, 6.07) is 0. The van der Waals surface area contributed by atoms with Gasteiger partial charge in [-0.3, -0.25) is 0 Å². The van der Waals surface area contributed by atoms with E-state index in [0.717, 1.165) is 0 Å². The molecule has 0 spiro atoms. The molecule has 0 aromatic carbocycles. The van der Waals surface area contributed by atoms with E-state index < -0.39 is 30.4 Å². The van der Waals surface area contributed by atoms with Gasteiger partial charge in [-0.05, 0) is 0 Å². The fourth-order valence-corrected chi connectivity index (χ4v) is 1.09. The maximum Gasteiger partial charge on any atom is 0.417 e. The van der Waals surface area contributed by atoms with Gasteiger partial charge in [-0.15, -0.1) is 0 Å². The topological polar surface area (TPSA) is 60.7 Å². The van der Waals surface area contributed by atoms with Gasteiger partial charge in [-0.2, -0.15) is 13.2 Å². The molecule has 66 valence electrons. The van der Waals surface area contributed by atoms with Gasteiger partial charge in [0.1, 0.15) is 0 Å². The molecule has 0 aromatic rings. The quantitative estimate of drug-likeness (QED) is 0.442. The summed E-state index contributed by atoms with van der Waals surface area (Å²) in [5, 5.41) is 25.7. The van der Waals surface area contributed by atoms with Crippen molar-refractivity contribution in [3.05, 3.63) is 0 Å². The van der Waals surface area contributed by atoms with Crippen LogP contribution in [-0.2, 0) is 0 Å². The molecule has 11 heavy (non-hydrogen) atoms. The molecule has 0 unspecified atom stereocenters. The predicted octanol–water partition coefficient (Wildman–Crippen LogP) is -0.245. The third kappa shape index (κ3) is 1.33. The summed E-state index contributed by atoms with van der Waals surface area (Å²) in [7, 11) is 0. The van der Waals surface area contributed by atoms with Crippen molar-refractivity contribution >= 4 is 0 Å². The van der Waals surface area contributed by atoms with E-state index in [4.69, 9.17) is 15.3 Å². The Bertz CT molecular complexity index is 166. The first kappa shape index (κ1) is 8.76. The Labute approximate surface area is 60.1 Å². The van der Waals surface area contributed by atoms with Crippen LogP contribution in [0.15, 0.2) is 0 Å². The SMILES string of the molecule is OC1(O)CC(O)(C(F)(F)F)C1. The standard InChI is InChI=1S/C5H7F3O3/c6-5(7,8)3(9)1-4(10,11)2-3/h9-11H,1-2H2. The van der Waals surface area contributed by atoms with Crippen LogP contribution in [0.5, 0.6) is 0 Å². The number of alkyl halides is 3. The molecule has 1 saturated carbocycles. The van der Waals surface area contributed by atoms with Crippen LogP contribution in [0, 0.1) is 0 Å². The first-order valence-corrected chi connectivity index (χ1v) is 2.90. The Hall–Kier alpha value is -0.330. The van der Waals surface area contributed by atoms with Gasteiger partial charge < -0.3 is 15.3 Å². The highest BCUT2D eigenvalue weighted by atomic mass is 19.4. The Morgan fingerprint density at radius 2 is 1.36 bits per heavy atom. The van der Waals surface area contributed by atoms with Crippen LogP contribution in [0.25, 0.3) is 0 Å². The minimum atomic E-state index is -4.78. The van der Waals surface area contributed by atoms with Crippen molar-refractivity contribution in [1.29, 1.82) is 0 Å². The molecule has 6 heteroatoms. The molecule has 0 bridgehead atoms. The second-order valence-corrected chi connectivity index (χ2v) is 2.87. The van der Waals surface area contributed by atoms with Gasteiger partial charge in [0.05, 0.1) is 0 Å². The van der Waals surface area contributed by atoms with E-state index in [1.165, 1.54) is 0 Å². The molecule has 0 heterocycles. The monoisotopic (exact) mass is 172 g/mol. The number of rotatable bonds is 0. The van der Waals surface area contributed by atoms with Gasteiger partial charge in [-0.25, -0.2) is 0 Å². The van der Waals surface area contributed by atoms with Crippen molar-refractivity contribution in [1.82, 2.24) is 0 Å². The third-order valence-electron chi connectivity index (χ3n) is 1.68. The van der Waals surface area contributed by atoms with Gasteiger partial charge in [0.25, 0.3) is 0 Å². The molecule has 1 aliphatic rings. The zero-order chi connectivity index (χ0) is 8.91. The highest BCUT2D eigenvalue weighted by molar-refractivity contribution is 5.03. The minimum Gasteiger partial charge on any atom is -0.380 e. The zero-order valence-electron chi connectivity index (χ0n) is 5.39. The molecule has 1 aliphatic carbocycles. The second-order valence-electron chi connectivity index (χ2n) is 2.87. The Morgan fingerprint density at radius 3 is 1.45 bits per heavy atom. The molecular weight excluding hydrogens is 165 g/mol. The molecule has 3 nitrogen and oxygen atoms in total. The van der Waals surface area contributed by atoms with Crippen LogP contribution in [0.2, 0.25) is 0 Å². The summed E-state index contributed by atoms with van der Waals surface area (Å²) in [4.78, 5) is 0. The normalized spacial score (nSPS) is 27.8. The average Bonchev–Trinajstić information content (AvgIpc) is 1.55. The summed E-state index contributed by atoms with van der Waals surface area (Å²) < 4.78 is 35.3. The smallest absolute Gasteiger partial charge is 0.380 e. The molecule has 1 fully saturated rings. The fraction of sp³-hybridized carbons (Fsp3) is 1.00. The summed E-state index contributed by atoms with van der Waals surface area (Å²) in [5.74, 6) is -2.36. The first-order valence-electron chi connectivity index (χ1n) is 2.90. The molecule has 1 rings (SSSR count). The predicted molar refractivity (Wildman–Crippen MR) is 27.4 cm³/mol. The van der Waals surface area contributed by atoms with E-state index in [9.17, 15) is 13.2 Å². The van der Waals surface area contributed by atoms with Crippen molar-refractivity contribution in [2.75, 3.05) is 0 Å². The van der Waals surface area contributed by atoms with E-state index in [-0.39, 0.29) is 0 Å². The van der Waals surface area contributed by atoms with E-state index in [2.05, 4.69) is 0 Å². The van der Waals surface area contributed by atoms with Crippen LogP contribution in [0.1, 0.15) is 12.8 Å². The van der Waals surface area contributed by atoms with Gasteiger partial charge in [0, 0.05) is 12.8 Å². The molecule has 3 N–H and O–H groups in total. The second kappa shape index (κ2) is 1.88. The van der Waals surface area contributed by atoms with Gasteiger partial charge >= 0.3 is 6.18 Å². The third-order valence-corrected chi connectivity index (χ3v) is 1.68. The number of aliphatic hydroxyl groups is 3. The molecule has 0 radical (unpaired) electrons. The van der Waals surface area contributed by atoms with Gasteiger partial charge in [0.2, 0.25) is 0 Å². The van der Waals surface area contributed by atoms with Gasteiger partial charge in [-0.1, -0.05) is 0 Å². The lowest BCUT2D eigenvalue weighted by Crippen LogP contribution is -2.64. The highest BCUT2D eigenvalue weighted by Crippen LogP contribution is 2.49. The Morgan fingerprint density at radius 1 is 1.00 bits per heavy atom. The van der Waals surface area contributed by atoms with E-state index in [0.29, 0.717) is 0 Å².